The summed E-state index contributed by atoms with van der Waals surface area (Å²) < 4.78 is 10.5. The number of rotatable bonds is 6. The first-order chi connectivity index (χ1) is 12.1. The smallest absolute Gasteiger partial charge is 0.408 e. The molecule has 0 aromatic heterocycles. The number of β-lactam (4-membered cyclic amide) rings is 1. The summed E-state index contributed by atoms with van der Waals surface area (Å²) in [6.45, 7) is 5.20. The fourth-order valence-electron chi connectivity index (χ4n) is 3.13. The topological polar surface area (TPSA) is 96.4 Å². The van der Waals surface area contributed by atoms with E-state index < -0.39 is 29.6 Å². The van der Waals surface area contributed by atoms with Gasteiger partial charge in [0.25, 0.3) is 0 Å². The van der Waals surface area contributed by atoms with Crippen LogP contribution in [0.5, 0.6) is 11.5 Å². The van der Waals surface area contributed by atoms with Gasteiger partial charge in [-0.3, -0.25) is 9.69 Å². The fraction of sp³-hybridized carbons (Fsp3) is 0.500. The summed E-state index contributed by atoms with van der Waals surface area (Å²) in [5, 5.41) is 9.50. The number of hydrogen-bond acceptors (Lipinski definition) is 5. The largest absolute Gasteiger partial charge is 0.497 e. The SMILES string of the molecule is COc1ccc(CN2C(=O)[C@@H](N(C(=O)O)C(C)(C)C)[C@H]2C=O)c(OC)c1. The summed E-state index contributed by atoms with van der Waals surface area (Å²) in [5.74, 6) is 0.726. The van der Waals surface area contributed by atoms with Gasteiger partial charge in [-0.2, -0.15) is 0 Å². The highest BCUT2D eigenvalue weighted by Crippen LogP contribution is 2.33. The van der Waals surface area contributed by atoms with Crippen LogP contribution in [0.15, 0.2) is 18.2 Å². The van der Waals surface area contributed by atoms with Crippen molar-refractivity contribution in [3.63, 3.8) is 0 Å². The van der Waals surface area contributed by atoms with Crippen molar-refractivity contribution in [2.24, 2.45) is 0 Å². The van der Waals surface area contributed by atoms with Crippen molar-refractivity contribution in [3.8, 4) is 11.5 Å². The molecule has 1 N–H and O–H groups in total. The average molecular weight is 364 g/mol. The quantitative estimate of drug-likeness (QED) is 0.610. The Labute approximate surface area is 152 Å². The lowest BCUT2D eigenvalue weighted by molar-refractivity contribution is -0.164. The van der Waals surface area contributed by atoms with E-state index in [0.717, 1.165) is 4.90 Å². The molecule has 8 heteroatoms. The number of hydrogen-bond donors (Lipinski definition) is 1. The standard InChI is InChI=1S/C18H24N2O6/c1-18(2,3)20(17(23)24)15-13(10-21)19(16(15)22)9-11-6-7-12(25-4)8-14(11)26-5/h6-8,10,13,15H,9H2,1-5H3,(H,23,24)/t13-,15+/m1/s1. The molecule has 0 aliphatic carbocycles. The van der Waals surface area contributed by atoms with E-state index in [1.165, 1.54) is 19.1 Å². The molecule has 0 saturated carbocycles. The van der Waals surface area contributed by atoms with E-state index in [9.17, 15) is 19.5 Å². The van der Waals surface area contributed by atoms with Crippen molar-refractivity contribution in [1.82, 2.24) is 9.80 Å². The number of carbonyl (C=O) groups excluding carboxylic acids is 2. The molecule has 0 radical (unpaired) electrons. The first kappa shape index (κ1) is 19.6. The van der Waals surface area contributed by atoms with Crippen molar-refractivity contribution in [2.75, 3.05) is 14.2 Å². The lowest BCUT2D eigenvalue weighted by atomic mass is 9.90. The molecule has 1 aromatic carbocycles. The predicted octanol–water partition coefficient (Wildman–Crippen LogP) is 1.76. The van der Waals surface area contributed by atoms with Crippen LogP contribution in [0.25, 0.3) is 0 Å². The van der Waals surface area contributed by atoms with Crippen molar-refractivity contribution in [1.29, 1.82) is 0 Å². The van der Waals surface area contributed by atoms with E-state index in [0.29, 0.717) is 23.3 Å². The van der Waals surface area contributed by atoms with Crippen LogP contribution in [0.2, 0.25) is 0 Å². The molecule has 0 spiro atoms. The summed E-state index contributed by atoms with van der Waals surface area (Å²) >= 11 is 0. The van der Waals surface area contributed by atoms with Gasteiger partial charge in [-0.05, 0) is 32.9 Å². The minimum Gasteiger partial charge on any atom is -0.497 e. The van der Waals surface area contributed by atoms with E-state index >= 15 is 0 Å². The Morgan fingerprint density at radius 1 is 1.31 bits per heavy atom. The third kappa shape index (κ3) is 3.44. The monoisotopic (exact) mass is 364 g/mol. The van der Waals surface area contributed by atoms with E-state index in [4.69, 9.17) is 9.47 Å². The Bertz CT molecular complexity index is 712. The minimum absolute atomic E-state index is 0.142. The Morgan fingerprint density at radius 2 is 1.96 bits per heavy atom. The van der Waals surface area contributed by atoms with E-state index in [1.807, 2.05) is 0 Å². The molecule has 2 amide bonds. The van der Waals surface area contributed by atoms with Gasteiger partial charge in [-0.1, -0.05) is 0 Å². The predicted molar refractivity (Wildman–Crippen MR) is 93.4 cm³/mol. The van der Waals surface area contributed by atoms with E-state index in [1.54, 1.807) is 39.0 Å². The van der Waals surface area contributed by atoms with Gasteiger partial charge in [0.15, 0.2) is 0 Å². The maximum Gasteiger partial charge on any atom is 0.408 e. The van der Waals surface area contributed by atoms with Crippen molar-refractivity contribution in [3.05, 3.63) is 23.8 Å². The highest BCUT2D eigenvalue weighted by molar-refractivity contribution is 5.98. The molecule has 1 saturated heterocycles. The summed E-state index contributed by atoms with van der Waals surface area (Å²) in [6.07, 6.45) is -0.617. The van der Waals surface area contributed by atoms with Crippen LogP contribution in [-0.2, 0) is 16.1 Å². The highest BCUT2D eigenvalue weighted by Gasteiger charge is 2.54. The number of aldehydes is 1. The fourth-order valence-corrected chi connectivity index (χ4v) is 3.13. The van der Waals surface area contributed by atoms with Gasteiger partial charge >= 0.3 is 6.09 Å². The summed E-state index contributed by atoms with van der Waals surface area (Å²) in [4.78, 5) is 38.3. The zero-order valence-electron chi connectivity index (χ0n) is 15.6. The van der Waals surface area contributed by atoms with Gasteiger partial charge in [-0.25, -0.2) is 4.79 Å². The maximum absolute atomic E-state index is 12.6. The van der Waals surface area contributed by atoms with Crippen LogP contribution >= 0.6 is 0 Å². The van der Waals surface area contributed by atoms with Crippen LogP contribution < -0.4 is 9.47 Å². The first-order valence-corrected chi connectivity index (χ1v) is 8.14. The van der Waals surface area contributed by atoms with Gasteiger partial charge in [0.05, 0.1) is 20.8 Å². The molecular weight excluding hydrogens is 340 g/mol. The zero-order valence-corrected chi connectivity index (χ0v) is 15.6. The second kappa shape index (κ2) is 7.23. The molecule has 8 nitrogen and oxygen atoms in total. The molecule has 0 bridgehead atoms. The molecular formula is C18H24N2O6. The van der Waals surface area contributed by atoms with Crippen molar-refractivity contribution < 1.29 is 29.0 Å². The van der Waals surface area contributed by atoms with Gasteiger partial charge in [0.1, 0.15) is 29.9 Å². The number of ether oxygens (including phenoxy) is 2. The molecule has 2 atom stereocenters. The number of carboxylic acid groups (broad SMARTS) is 1. The molecule has 2 rings (SSSR count). The van der Waals surface area contributed by atoms with Gasteiger partial charge in [-0.15, -0.1) is 0 Å². The molecule has 1 aromatic rings. The minimum atomic E-state index is -1.23. The van der Waals surface area contributed by atoms with Crippen molar-refractivity contribution in [2.45, 2.75) is 44.9 Å². The number of benzene rings is 1. The number of carbonyl (C=O) groups is 3. The van der Waals surface area contributed by atoms with Gasteiger partial charge < -0.3 is 24.3 Å². The molecule has 1 aliphatic heterocycles. The Hall–Kier alpha value is -2.77. The molecule has 1 heterocycles. The van der Waals surface area contributed by atoms with Gasteiger partial charge in [0, 0.05) is 17.2 Å². The number of methoxy groups -OCH3 is 2. The van der Waals surface area contributed by atoms with E-state index in [2.05, 4.69) is 0 Å². The molecule has 142 valence electrons. The lowest BCUT2D eigenvalue weighted by Crippen LogP contribution is -2.74. The Morgan fingerprint density at radius 3 is 2.42 bits per heavy atom. The molecule has 0 unspecified atom stereocenters. The van der Waals surface area contributed by atoms with Crippen LogP contribution in [0.3, 0.4) is 0 Å². The average Bonchev–Trinajstić information content (AvgIpc) is 2.58. The van der Waals surface area contributed by atoms with Crippen LogP contribution in [-0.4, -0.2) is 65.0 Å². The summed E-state index contributed by atoms with van der Waals surface area (Å²) in [7, 11) is 3.04. The van der Waals surface area contributed by atoms with Crippen LogP contribution in [0, 0.1) is 0 Å². The normalized spacial score (nSPS) is 19.6. The third-order valence-corrected chi connectivity index (χ3v) is 4.40. The zero-order chi connectivity index (χ0) is 19.6. The Balaban J connectivity index is 2.27. The molecule has 26 heavy (non-hydrogen) atoms. The number of likely N-dealkylation sites (tertiary alicyclic amines) is 1. The summed E-state index contributed by atoms with van der Waals surface area (Å²) in [6, 6.07) is 3.30. The maximum atomic E-state index is 12.6. The van der Waals surface area contributed by atoms with Crippen molar-refractivity contribution >= 4 is 18.3 Å². The van der Waals surface area contributed by atoms with Crippen LogP contribution in [0.4, 0.5) is 4.79 Å². The second-order valence-corrected chi connectivity index (χ2v) is 7.04. The highest BCUT2D eigenvalue weighted by atomic mass is 16.5. The first-order valence-electron chi connectivity index (χ1n) is 8.14. The summed E-state index contributed by atoms with van der Waals surface area (Å²) in [5.41, 5.74) is -0.110. The van der Waals surface area contributed by atoms with Gasteiger partial charge in [0.2, 0.25) is 5.91 Å². The number of amides is 2. The Kier molecular flexibility index (Phi) is 5.44. The molecule has 1 aliphatic rings. The molecule has 1 fully saturated rings. The second-order valence-electron chi connectivity index (χ2n) is 7.04. The van der Waals surface area contributed by atoms with Crippen LogP contribution in [0.1, 0.15) is 26.3 Å². The van der Waals surface area contributed by atoms with E-state index in [-0.39, 0.29) is 6.54 Å². The number of nitrogens with zero attached hydrogens (tertiary/aromatic N) is 2. The third-order valence-electron chi connectivity index (χ3n) is 4.40. The lowest BCUT2D eigenvalue weighted by Gasteiger charge is -2.51.